The number of halogens is 17. The van der Waals surface area contributed by atoms with Gasteiger partial charge in [-0.1, -0.05) is 86.9 Å². The summed E-state index contributed by atoms with van der Waals surface area (Å²) in [6.45, 7) is 3.57. The summed E-state index contributed by atoms with van der Waals surface area (Å²) < 4.78 is 170. The Morgan fingerprint density at radius 3 is 1.22 bits per heavy atom. The summed E-state index contributed by atoms with van der Waals surface area (Å²) in [6.07, 6.45) is 1.69. The summed E-state index contributed by atoms with van der Waals surface area (Å²) in [7, 11) is 0. The van der Waals surface area contributed by atoms with Crippen molar-refractivity contribution >= 4 is 149 Å². The number of esters is 1. The van der Waals surface area contributed by atoms with Crippen molar-refractivity contribution in [2.75, 3.05) is 66.3 Å². The number of carboxylic acids is 1. The van der Waals surface area contributed by atoms with Crippen molar-refractivity contribution in [3.8, 4) is 45.6 Å². The number of fused-ring (bicyclic) bond motifs is 4. The molecule has 2 saturated heterocycles. The first-order valence-corrected chi connectivity index (χ1v) is 40.1. The molecule has 49 heteroatoms. The second-order valence-electron chi connectivity index (χ2n) is 28.6. The van der Waals surface area contributed by atoms with E-state index in [1.165, 1.54) is 47.0 Å². The van der Waals surface area contributed by atoms with Crippen molar-refractivity contribution < 1.29 is 104 Å². The molecule has 4 amide bonds. The van der Waals surface area contributed by atoms with Crippen molar-refractivity contribution in [3.05, 3.63) is 142 Å². The Morgan fingerprint density at radius 2 is 0.843 bits per heavy atom. The predicted molar refractivity (Wildman–Crippen MR) is 455 cm³/mol. The number of amides is 4. The Labute approximate surface area is 738 Å². The molecule has 11 N–H and O–H groups in total. The zero-order valence-corrected chi connectivity index (χ0v) is 70.0. The number of pyridine rings is 4. The molecule has 2 fully saturated rings. The van der Waals surface area contributed by atoms with Gasteiger partial charge in [0.15, 0.2) is 34.9 Å². The lowest BCUT2D eigenvalue weighted by Gasteiger charge is -2.26. The van der Waals surface area contributed by atoms with Crippen molar-refractivity contribution in [3.63, 3.8) is 0 Å². The molecule has 127 heavy (non-hydrogen) atoms. The Balaban J connectivity index is 0.000000309. The monoisotopic (exact) mass is 1870 g/mol. The Morgan fingerprint density at radius 1 is 0.488 bits per heavy atom. The zero-order valence-electron chi connectivity index (χ0n) is 67.0. The maximum absolute atomic E-state index is 14.4. The SMILES string of the molecule is CCOC(=O)c1cnc(-c2c[nH]c3ncc(Cl)cc23)nc1N1CCC[C@@H]1C(=O)NCC(F)(F)F.CC[C@H](C)[C@H](Nc1ccnc(-c2c[nH]c3ncc(Cl)cc23)n1)C(=O)NCC(F)(F)F.CC[C@H](C)[C@H](Nc1nc(-c2c[nH]c3ncc(Cl)cc23)ncc1F)C(=O)NCC(F)(F)F.O=C(O)c1cnc(-c2c[nH]c3ncc(Cl)cc23)nc1N1CCC[C@@H]1C(=O)NCC(F)(F)F.[HH].[HH].[HH].[HH].[HH].[HH]. The number of aromatic carboxylic acids is 1. The van der Waals surface area contributed by atoms with E-state index in [1.807, 2.05) is 28.2 Å². The first-order chi connectivity index (χ1) is 60.1. The molecule has 14 rings (SSSR count). The molecule has 2 aliphatic rings. The third kappa shape index (κ3) is 24.5. The van der Waals surface area contributed by atoms with Crippen LogP contribution in [0, 0.1) is 17.7 Å². The summed E-state index contributed by atoms with van der Waals surface area (Å²) >= 11 is 24.1. The first-order valence-electron chi connectivity index (χ1n) is 38.5. The van der Waals surface area contributed by atoms with Crippen molar-refractivity contribution in [2.45, 2.75) is 122 Å². The molecule has 0 saturated carbocycles. The Bertz CT molecular complexity index is 6020. The van der Waals surface area contributed by atoms with Gasteiger partial charge in [0.1, 0.15) is 102 Å². The van der Waals surface area contributed by atoms with Gasteiger partial charge in [-0.3, -0.25) is 19.2 Å². The summed E-state index contributed by atoms with van der Waals surface area (Å²) in [5.41, 5.74) is 4.15. The molecular weight excluding hydrogens is 1790 g/mol. The average molecular weight is 1880 g/mol. The fourth-order valence-electron chi connectivity index (χ4n) is 13.3. The smallest absolute Gasteiger partial charge is 0.405 e. The van der Waals surface area contributed by atoms with E-state index in [0.717, 1.165) is 17.8 Å². The fourth-order valence-corrected chi connectivity index (χ4v) is 13.9. The Hall–Kier alpha value is -12.7. The van der Waals surface area contributed by atoms with Crippen molar-refractivity contribution in [2.24, 2.45) is 11.8 Å². The van der Waals surface area contributed by atoms with Crippen LogP contribution in [0.25, 0.3) is 89.7 Å². The summed E-state index contributed by atoms with van der Waals surface area (Å²) in [5.74, 6) is -5.87. The molecule has 0 aromatic carbocycles. The lowest BCUT2D eigenvalue weighted by atomic mass is 9.98. The number of alkyl halides is 12. The summed E-state index contributed by atoms with van der Waals surface area (Å²) in [6, 6.07) is 4.30. The number of anilines is 4. The van der Waals surface area contributed by atoms with E-state index in [0.29, 0.717) is 131 Å². The number of aromatic nitrogens is 16. The van der Waals surface area contributed by atoms with Gasteiger partial charge in [-0.25, -0.2) is 73.8 Å². The van der Waals surface area contributed by atoms with E-state index >= 15 is 0 Å². The van der Waals surface area contributed by atoms with Crippen LogP contribution < -0.4 is 41.7 Å². The number of aromatic amines is 4. The third-order valence-electron chi connectivity index (χ3n) is 19.7. The normalized spacial score (nSPS) is 15.1. The van der Waals surface area contributed by atoms with Gasteiger partial charge in [-0.05, 0) is 74.8 Å². The van der Waals surface area contributed by atoms with Crippen LogP contribution in [0.15, 0.2) is 105 Å². The van der Waals surface area contributed by atoms with E-state index in [2.05, 4.69) is 90.4 Å². The standard InChI is InChI=1S/C21H20ClF3N6O3.C19H19ClF4N6O.C19H16ClF3N6O3.C19H20ClF3N6O.6H2/c1-2-34-20(33)14-9-28-17(13-8-27-16-12(13)6-11(22)7-26-16)30-18(14)31-5-3-4-15(31)19(32)29-10-21(23,24)25;1-3-9(2)14(18(31)28-8-19(22,23)24)29-17-13(21)7-27-16(30-17)12-6-26-15-11(12)4-10(20)5-25-15;20-9-4-10-11(6-25-14(10)24-5-9)15-26-7-12(18(31)32)16(28-15)29-3-1-2-13(29)17(30)27-8-19(21,22)23;1-3-10(2)15(18(30)27-9-19(21,22)23)28-14-4-5-24-17(29-14)13-8-26-16-12(13)6-11(20)7-25-16;;;;;;/h6-9,15H,2-5,10H2,1H3,(H,26,27)(H,29,32);4-7,9,14H,3,8H2,1-2H3,(H,25,26)(H,28,31)(H,27,29,30);4-7,13H,1-3,8H2,(H,24,25)(H,27,30)(H,31,32);4-8,10,15H,3,9H2,1-2H3,(H,25,26)(H,27,30)(H,24,28,29);6*1H/t15-;9-,14-;13-;10-,15-;;;;;;/m1010....../s1. The molecule has 6 atom stereocenters. The van der Waals surface area contributed by atoms with Gasteiger partial charge in [0, 0.05) is 134 Å². The highest BCUT2D eigenvalue weighted by molar-refractivity contribution is 6.32. The van der Waals surface area contributed by atoms with Crippen molar-refractivity contribution in [1.29, 1.82) is 0 Å². The second-order valence-corrected chi connectivity index (χ2v) is 30.3. The lowest BCUT2D eigenvalue weighted by Crippen LogP contribution is -2.46. The molecular formula is C78H87Cl4F13N24O8. The highest BCUT2D eigenvalue weighted by Crippen LogP contribution is 2.38. The number of rotatable bonds is 25. The van der Waals surface area contributed by atoms with Crippen LogP contribution in [0.2, 0.25) is 20.1 Å². The highest BCUT2D eigenvalue weighted by atomic mass is 35.5. The molecule has 14 heterocycles. The average Bonchev–Trinajstić information content (AvgIpc) is 1.68. The van der Waals surface area contributed by atoms with Gasteiger partial charge in [0.25, 0.3) is 0 Å². The minimum absolute atomic E-state index is 0. The predicted octanol–water partition coefficient (Wildman–Crippen LogP) is 16.5. The summed E-state index contributed by atoms with van der Waals surface area (Å²) in [4.78, 5) is 140. The number of carbonyl (C=O) groups excluding carboxylic acids is 5. The maximum Gasteiger partial charge on any atom is 0.405 e. The van der Waals surface area contributed by atoms with Gasteiger partial charge in [-0.2, -0.15) is 52.7 Å². The molecule has 12 aromatic heterocycles. The molecule has 0 radical (unpaired) electrons. The highest BCUT2D eigenvalue weighted by Gasteiger charge is 2.41. The largest absolute Gasteiger partial charge is 0.477 e. The van der Waals surface area contributed by atoms with Crippen molar-refractivity contribution in [1.82, 2.24) is 101 Å². The van der Waals surface area contributed by atoms with Crippen LogP contribution in [-0.4, -0.2) is 215 Å². The van der Waals surface area contributed by atoms with Gasteiger partial charge >= 0.3 is 36.6 Å². The van der Waals surface area contributed by atoms with Gasteiger partial charge in [0.2, 0.25) is 23.6 Å². The second kappa shape index (κ2) is 40.8. The third-order valence-corrected chi connectivity index (χ3v) is 20.5. The molecule has 0 aliphatic carbocycles. The maximum atomic E-state index is 14.4. The number of H-pyrrole nitrogens is 4. The zero-order chi connectivity index (χ0) is 92.1. The number of carbonyl (C=O) groups is 6. The van der Waals surface area contributed by atoms with E-state index in [1.54, 1.807) is 82.8 Å². The number of ether oxygens (including phenoxy) is 1. The number of nitrogens with zero attached hydrogens (tertiary/aromatic N) is 14. The van der Waals surface area contributed by atoms with Crippen LogP contribution in [0.3, 0.4) is 0 Å². The van der Waals surface area contributed by atoms with Gasteiger partial charge in [-0.15, -0.1) is 0 Å². The number of hydrogen-bond acceptors (Lipinski definition) is 23. The molecule has 0 unspecified atom stereocenters. The molecule has 12 aromatic rings. The quantitative estimate of drug-likeness (QED) is 0.0187. The van der Waals surface area contributed by atoms with Gasteiger partial charge < -0.3 is 71.5 Å². The van der Waals surface area contributed by atoms with Crippen LogP contribution in [0.4, 0.5) is 80.3 Å². The van der Waals surface area contributed by atoms with Crippen LogP contribution in [0.5, 0.6) is 0 Å². The van der Waals surface area contributed by atoms with Crippen LogP contribution in [0.1, 0.15) is 102 Å². The van der Waals surface area contributed by atoms with Crippen LogP contribution >= 0.6 is 46.4 Å². The van der Waals surface area contributed by atoms with Gasteiger partial charge in [0.05, 0.1) is 32.9 Å². The van der Waals surface area contributed by atoms with E-state index < -0.39 is 122 Å². The topological polar surface area (TPSA) is 428 Å². The molecule has 32 nitrogen and oxygen atoms in total. The number of nitrogens with one attached hydrogen (secondary N) is 10. The summed E-state index contributed by atoms with van der Waals surface area (Å²) in [5, 5.41) is 26.9. The van der Waals surface area contributed by atoms with E-state index in [9.17, 15) is 90.9 Å². The Kier molecular flexibility index (Phi) is 30.5. The minimum atomic E-state index is -4.56. The van der Waals surface area contributed by atoms with E-state index in [4.69, 9.17) is 51.1 Å². The lowest BCUT2D eigenvalue weighted by molar-refractivity contribution is -0.139. The fraction of sp³-hybridized carbons (Fsp3) is 0.359. The molecule has 0 spiro atoms. The van der Waals surface area contributed by atoms with Crippen LogP contribution in [-0.2, 0) is 23.9 Å². The van der Waals surface area contributed by atoms with E-state index in [-0.39, 0.29) is 80.1 Å². The molecule has 0 bridgehead atoms. The first kappa shape index (κ1) is 95.0. The molecule has 2 aliphatic heterocycles. The molecule has 686 valence electrons. The number of carboxylic acid groups (broad SMARTS) is 1. The minimum Gasteiger partial charge on any atom is -0.477 e. The number of hydrogen-bond donors (Lipinski definition) is 11.